The molecule has 2 aromatic heterocycles. The average molecular weight is 367 g/mol. The quantitative estimate of drug-likeness (QED) is 0.553. The highest BCUT2D eigenvalue weighted by atomic mass is 16.1. The van der Waals surface area contributed by atoms with Gasteiger partial charge in [-0.1, -0.05) is 51.7 Å². The van der Waals surface area contributed by atoms with Crippen molar-refractivity contribution in [2.45, 2.75) is 58.9 Å². The minimum atomic E-state index is -0.158. The van der Waals surface area contributed by atoms with Crippen LogP contribution >= 0.6 is 0 Å². The molecule has 27 heavy (non-hydrogen) atoms. The Bertz CT molecular complexity index is 931. The van der Waals surface area contributed by atoms with Crippen LogP contribution < -0.4 is 11.1 Å². The van der Waals surface area contributed by atoms with E-state index in [-0.39, 0.29) is 5.91 Å². The summed E-state index contributed by atoms with van der Waals surface area (Å²) in [6.45, 7) is 5.69. The molecule has 6 nitrogen and oxygen atoms in total. The number of aryl methyl sites for hydroxylation is 1. The Labute approximate surface area is 160 Å². The molecule has 3 N–H and O–H groups in total. The third-order valence-electron chi connectivity index (χ3n) is 4.87. The monoisotopic (exact) mass is 367 g/mol. The minimum absolute atomic E-state index is 0.158. The highest BCUT2D eigenvalue weighted by Gasteiger charge is 2.23. The first-order chi connectivity index (χ1) is 13.2. The zero-order valence-electron chi connectivity index (χ0n) is 16.3. The second-order valence-corrected chi connectivity index (χ2v) is 6.97. The van der Waals surface area contributed by atoms with Crippen LogP contribution in [0.2, 0.25) is 0 Å². The molecule has 0 unspecified atom stereocenters. The van der Waals surface area contributed by atoms with Crippen molar-refractivity contribution in [2.24, 2.45) is 0 Å². The molecule has 0 atom stereocenters. The van der Waals surface area contributed by atoms with E-state index in [1.54, 1.807) is 0 Å². The molecule has 6 heteroatoms. The van der Waals surface area contributed by atoms with Crippen molar-refractivity contribution in [3.8, 4) is 0 Å². The lowest BCUT2D eigenvalue weighted by Crippen LogP contribution is -2.25. The molecule has 0 aliphatic heterocycles. The summed E-state index contributed by atoms with van der Waals surface area (Å²) in [7, 11) is 0. The summed E-state index contributed by atoms with van der Waals surface area (Å²) in [6.07, 6.45) is 6.47. The summed E-state index contributed by atoms with van der Waals surface area (Å²) in [5.41, 5.74) is 9.71. The Morgan fingerprint density at radius 1 is 1.04 bits per heavy atom. The number of nitrogens with zero attached hydrogens (tertiary/aromatic N) is 3. The number of fused-ring (bicyclic) bond motifs is 2. The van der Waals surface area contributed by atoms with Gasteiger partial charge in [-0.15, -0.1) is 0 Å². The number of hydrogen-bond donors (Lipinski definition) is 2. The van der Waals surface area contributed by atoms with Crippen molar-refractivity contribution in [1.29, 1.82) is 0 Å². The van der Waals surface area contributed by atoms with Crippen LogP contribution in [0.4, 0.5) is 5.82 Å². The van der Waals surface area contributed by atoms with Crippen LogP contribution in [-0.4, -0.2) is 27.0 Å². The topological polar surface area (TPSA) is 85.8 Å². The number of anilines is 1. The molecule has 0 aliphatic rings. The normalized spacial score (nSPS) is 11.3. The zero-order chi connectivity index (χ0) is 19.2. The molecule has 0 aliphatic carbocycles. The summed E-state index contributed by atoms with van der Waals surface area (Å²) in [5.74, 6) is 0.300. The number of amides is 1. The number of nitrogens with two attached hydrogens (primary N) is 1. The van der Waals surface area contributed by atoms with Crippen molar-refractivity contribution in [1.82, 2.24) is 19.9 Å². The Kier molecular flexibility index (Phi) is 6.27. The highest BCUT2D eigenvalue weighted by Crippen LogP contribution is 2.28. The molecule has 0 spiro atoms. The molecule has 2 heterocycles. The summed E-state index contributed by atoms with van der Waals surface area (Å²) < 4.78 is 1.93. The Morgan fingerprint density at radius 2 is 1.74 bits per heavy atom. The van der Waals surface area contributed by atoms with Crippen LogP contribution in [0.5, 0.6) is 0 Å². The third-order valence-corrected chi connectivity index (χ3v) is 4.87. The maximum absolute atomic E-state index is 12.9. The van der Waals surface area contributed by atoms with Gasteiger partial charge < -0.3 is 15.6 Å². The molecular weight excluding hydrogens is 338 g/mol. The van der Waals surface area contributed by atoms with Crippen molar-refractivity contribution < 1.29 is 4.79 Å². The summed E-state index contributed by atoms with van der Waals surface area (Å²) in [4.78, 5) is 22.3. The van der Waals surface area contributed by atoms with Gasteiger partial charge in [-0.05, 0) is 25.0 Å². The first kappa shape index (κ1) is 19.1. The van der Waals surface area contributed by atoms with E-state index < -0.39 is 0 Å². The van der Waals surface area contributed by atoms with Crippen LogP contribution in [-0.2, 0) is 6.54 Å². The van der Waals surface area contributed by atoms with Crippen molar-refractivity contribution in [3.05, 3.63) is 29.8 Å². The third kappa shape index (κ3) is 4.04. The second kappa shape index (κ2) is 8.84. The van der Waals surface area contributed by atoms with Crippen LogP contribution in [0.1, 0.15) is 62.7 Å². The molecule has 3 rings (SSSR count). The van der Waals surface area contributed by atoms with Gasteiger partial charge in [0.15, 0.2) is 5.65 Å². The molecule has 0 saturated heterocycles. The highest BCUT2D eigenvalue weighted by molar-refractivity contribution is 6.10. The van der Waals surface area contributed by atoms with Crippen molar-refractivity contribution >= 4 is 33.9 Å². The number of para-hydroxylation sites is 2. The van der Waals surface area contributed by atoms with Crippen LogP contribution in [0.3, 0.4) is 0 Å². The Morgan fingerprint density at radius 3 is 2.44 bits per heavy atom. The fourth-order valence-corrected chi connectivity index (χ4v) is 3.33. The molecule has 0 bridgehead atoms. The van der Waals surface area contributed by atoms with Crippen molar-refractivity contribution in [3.63, 3.8) is 0 Å². The number of nitrogens with one attached hydrogen (secondary N) is 1. The fourth-order valence-electron chi connectivity index (χ4n) is 3.33. The maximum Gasteiger partial charge on any atom is 0.257 e. The number of benzene rings is 1. The molecule has 3 aromatic rings. The fraction of sp³-hybridized carbons (Fsp3) is 0.476. The summed E-state index contributed by atoms with van der Waals surface area (Å²) >= 11 is 0. The van der Waals surface area contributed by atoms with E-state index in [9.17, 15) is 4.79 Å². The first-order valence-electron chi connectivity index (χ1n) is 10.00. The molecule has 0 fully saturated rings. The molecule has 0 radical (unpaired) electrons. The number of rotatable bonds is 9. The van der Waals surface area contributed by atoms with Gasteiger partial charge >= 0.3 is 0 Å². The zero-order valence-corrected chi connectivity index (χ0v) is 16.3. The summed E-state index contributed by atoms with van der Waals surface area (Å²) in [6, 6.07) is 7.71. The SMILES string of the molecule is CCCCCCNC(=O)c1c(N)n(CCCC)c2nc3ccccc3nc12. The lowest BCUT2D eigenvalue weighted by Gasteiger charge is -2.07. The van der Waals surface area contributed by atoms with Gasteiger partial charge in [0.25, 0.3) is 5.91 Å². The van der Waals surface area contributed by atoms with Crippen molar-refractivity contribution in [2.75, 3.05) is 12.3 Å². The largest absolute Gasteiger partial charge is 0.384 e. The number of unbranched alkanes of at least 4 members (excludes halogenated alkanes) is 4. The summed E-state index contributed by atoms with van der Waals surface area (Å²) in [5, 5.41) is 3.01. The van der Waals surface area contributed by atoms with E-state index in [2.05, 4.69) is 19.2 Å². The van der Waals surface area contributed by atoms with Gasteiger partial charge in [-0.2, -0.15) is 0 Å². The predicted molar refractivity (Wildman–Crippen MR) is 111 cm³/mol. The maximum atomic E-state index is 12.9. The number of carbonyl (C=O) groups is 1. The lowest BCUT2D eigenvalue weighted by molar-refractivity contribution is 0.0955. The van der Waals surface area contributed by atoms with E-state index in [0.29, 0.717) is 29.1 Å². The average Bonchev–Trinajstić information content (AvgIpc) is 2.94. The second-order valence-electron chi connectivity index (χ2n) is 6.97. The molecule has 0 saturated carbocycles. The van der Waals surface area contributed by atoms with Gasteiger partial charge in [0.05, 0.1) is 11.0 Å². The van der Waals surface area contributed by atoms with E-state index in [1.807, 2.05) is 28.8 Å². The molecule has 1 aromatic carbocycles. The predicted octanol–water partition coefficient (Wildman–Crippen LogP) is 4.28. The van der Waals surface area contributed by atoms with E-state index in [4.69, 9.17) is 15.7 Å². The van der Waals surface area contributed by atoms with E-state index >= 15 is 0 Å². The van der Waals surface area contributed by atoms with E-state index in [0.717, 1.165) is 43.3 Å². The van der Waals surface area contributed by atoms with Gasteiger partial charge in [0, 0.05) is 13.1 Å². The van der Waals surface area contributed by atoms with Gasteiger partial charge in [0.1, 0.15) is 16.9 Å². The Hall–Kier alpha value is -2.63. The number of nitrogen functional groups attached to an aromatic ring is 1. The molecule has 144 valence electrons. The number of aromatic nitrogens is 3. The van der Waals surface area contributed by atoms with Crippen LogP contribution in [0.25, 0.3) is 22.2 Å². The number of hydrogen-bond acceptors (Lipinski definition) is 4. The standard InChI is InChI=1S/C21H29N5O/c1-3-5-7-10-13-23-21(27)17-18-20(26(19(17)22)14-6-4-2)25-16-12-9-8-11-15(16)24-18/h8-9,11-12H,3-7,10,13-14,22H2,1-2H3,(H,23,27). The van der Waals surface area contributed by atoms with E-state index in [1.165, 1.54) is 12.8 Å². The van der Waals surface area contributed by atoms with Crippen LogP contribution in [0.15, 0.2) is 24.3 Å². The minimum Gasteiger partial charge on any atom is -0.384 e. The first-order valence-corrected chi connectivity index (χ1v) is 10.00. The lowest BCUT2D eigenvalue weighted by atomic mass is 10.2. The van der Waals surface area contributed by atoms with Crippen LogP contribution in [0, 0.1) is 0 Å². The Balaban J connectivity index is 1.98. The molecule has 1 amide bonds. The molecular formula is C21H29N5O. The smallest absolute Gasteiger partial charge is 0.257 e. The van der Waals surface area contributed by atoms with Gasteiger partial charge in [-0.25, -0.2) is 9.97 Å². The van der Waals surface area contributed by atoms with Gasteiger partial charge in [-0.3, -0.25) is 4.79 Å². The number of carbonyl (C=O) groups excluding carboxylic acids is 1. The van der Waals surface area contributed by atoms with Gasteiger partial charge in [0.2, 0.25) is 0 Å².